The van der Waals surface area contributed by atoms with Gasteiger partial charge in [-0.05, 0) is 30.7 Å². The van der Waals surface area contributed by atoms with E-state index in [4.69, 9.17) is 9.47 Å². The lowest BCUT2D eigenvalue weighted by molar-refractivity contribution is 0.199. The molecule has 0 aliphatic rings. The first kappa shape index (κ1) is 20.5. The van der Waals surface area contributed by atoms with Gasteiger partial charge in [-0.3, -0.25) is 9.67 Å². The topological polar surface area (TPSA) is 61.2 Å². The second-order valence-electron chi connectivity index (χ2n) is 6.90. The average Bonchev–Trinajstić information content (AvgIpc) is 3.37. The second kappa shape index (κ2) is 9.34. The fourth-order valence-electron chi connectivity index (χ4n) is 3.05. The van der Waals surface area contributed by atoms with E-state index >= 15 is 0 Å². The molecule has 8 heteroatoms. The molecule has 1 N–H and O–H groups in total. The number of methoxy groups -OCH3 is 1. The van der Waals surface area contributed by atoms with Gasteiger partial charge in [0.25, 0.3) is 0 Å². The van der Waals surface area contributed by atoms with Crippen molar-refractivity contribution in [3.05, 3.63) is 60.3 Å². The van der Waals surface area contributed by atoms with Crippen LogP contribution in [0.5, 0.6) is 11.5 Å². The van der Waals surface area contributed by atoms with Crippen LogP contribution < -0.4 is 10.1 Å². The third kappa shape index (κ3) is 4.67. The van der Waals surface area contributed by atoms with Crippen LogP contribution in [-0.4, -0.2) is 41.6 Å². The Morgan fingerprint density at radius 3 is 2.90 bits per heavy atom. The first-order chi connectivity index (χ1) is 14.6. The van der Waals surface area contributed by atoms with Crippen molar-refractivity contribution in [3.63, 3.8) is 0 Å². The van der Waals surface area contributed by atoms with E-state index in [1.54, 1.807) is 36.8 Å². The van der Waals surface area contributed by atoms with E-state index < -0.39 is 0 Å². The molecule has 4 aromatic rings. The van der Waals surface area contributed by atoms with Gasteiger partial charge in [0.05, 0.1) is 29.6 Å². The standard InChI is InChI=1S/C22H23FN4O2S/c1-15-3-4-19(17(23)11-15)29-20-5-6-25-18-12-21(30-22(18)20)16-13-26-27(14-16)9-7-24-8-10-28-2/h3-6,11-14,24H,7-10H2,1-2H3. The van der Waals surface area contributed by atoms with Crippen molar-refractivity contribution < 1.29 is 13.9 Å². The number of nitrogens with zero attached hydrogens (tertiary/aromatic N) is 3. The summed E-state index contributed by atoms with van der Waals surface area (Å²) in [6, 6.07) is 8.71. The van der Waals surface area contributed by atoms with Crippen molar-refractivity contribution in [2.24, 2.45) is 0 Å². The van der Waals surface area contributed by atoms with Crippen molar-refractivity contribution in [1.82, 2.24) is 20.1 Å². The third-order valence-corrected chi connectivity index (χ3v) is 5.79. The van der Waals surface area contributed by atoms with Crippen molar-refractivity contribution in [3.8, 4) is 21.9 Å². The van der Waals surface area contributed by atoms with Gasteiger partial charge in [0.15, 0.2) is 11.6 Å². The molecule has 0 spiro atoms. The first-order valence-electron chi connectivity index (χ1n) is 9.69. The van der Waals surface area contributed by atoms with E-state index in [1.807, 2.05) is 36.1 Å². The lowest BCUT2D eigenvalue weighted by atomic mass is 10.2. The number of halogens is 1. The maximum Gasteiger partial charge on any atom is 0.165 e. The number of thiophene rings is 1. The summed E-state index contributed by atoms with van der Waals surface area (Å²) >= 11 is 1.56. The van der Waals surface area contributed by atoms with E-state index in [-0.39, 0.29) is 11.6 Å². The molecule has 156 valence electrons. The van der Waals surface area contributed by atoms with Crippen LogP contribution in [0.25, 0.3) is 20.7 Å². The summed E-state index contributed by atoms with van der Waals surface area (Å²) in [5, 5.41) is 7.74. The Hall–Kier alpha value is -2.81. The second-order valence-corrected chi connectivity index (χ2v) is 7.96. The van der Waals surface area contributed by atoms with Crippen LogP contribution >= 0.6 is 11.3 Å². The maximum absolute atomic E-state index is 14.2. The van der Waals surface area contributed by atoms with Gasteiger partial charge >= 0.3 is 0 Å². The van der Waals surface area contributed by atoms with E-state index in [0.29, 0.717) is 12.4 Å². The minimum atomic E-state index is -0.378. The largest absolute Gasteiger partial charge is 0.453 e. The molecule has 30 heavy (non-hydrogen) atoms. The Morgan fingerprint density at radius 2 is 2.07 bits per heavy atom. The maximum atomic E-state index is 14.2. The fourth-order valence-corrected chi connectivity index (χ4v) is 4.09. The minimum Gasteiger partial charge on any atom is -0.453 e. The Kier molecular flexibility index (Phi) is 6.37. The summed E-state index contributed by atoms with van der Waals surface area (Å²) in [5.41, 5.74) is 2.68. The number of aromatic nitrogens is 3. The van der Waals surface area contributed by atoms with Crippen molar-refractivity contribution in [1.29, 1.82) is 0 Å². The van der Waals surface area contributed by atoms with Gasteiger partial charge in [-0.1, -0.05) is 6.07 Å². The Balaban J connectivity index is 1.52. The van der Waals surface area contributed by atoms with Crippen LogP contribution in [0.4, 0.5) is 4.39 Å². The molecular formula is C22H23FN4O2S. The third-order valence-electron chi connectivity index (χ3n) is 4.60. The quantitative estimate of drug-likeness (QED) is 0.395. The number of aryl methyl sites for hydroxylation is 1. The van der Waals surface area contributed by atoms with E-state index in [0.717, 1.165) is 45.9 Å². The molecule has 0 aliphatic heterocycles. The molecule has 0 saturated carbocycles. The van der Waals surface area contributed by atoms with E-state index in [2.05, 4.69) is 15.4 Å². The van der Waals surface area contributed by atoms with Gasteiger partial charge in [-0.25, -0.2) is 4.39 Å². The van der Waals surface area contributed by atoms with Crippen molar-refractivity contribution in [2.75, 3.05) is 26.8 Å². The molecule has 0 atom stereocenters. The summed E-state index contributed by atoms with van der Waals surface area (Å²) in [6.45, 7) is 4.94. The first-order valence-corrected chi connectivity index (χ1v) is 10.5. The summed E-state index contributed by atoms with van der Waals surface area (Å²) in [5.74, 6) is 0.419. The predicted molar refractivity (Wildman–Crippen MR) is 117 cm³/mol. The summed E-state index contributed by atoms with van der Waals surface area (Å²) < 4.78 is 27.9. The van der Waals surface area contributed by atoms with E-state index in [1.165, 1.54) is 6.07 Å². The van der Waals surface area contributed by atoms with Crippen LogP contribution in [-0.2, 0) is 11.3 Å². The van der Waals surface area contributed by atoms with Gasteiger partial charge in [0, 0.05) is 49.1 Å². The van der Waals surface area contributed by atoms with Gasteiger partial charge in [-0.2, -0.15) is 5.10 Å². The highest BCUT2D eigenvalue weighted by Gasteiger charge is 2.13. The molecule has 0 fully saturated rings. The zero-order valence-corrected chi connectivity index (χ0v) is 17.7. The molecule has 0 saturated heterocycles. The number of hydrogen-bond donors (Lipinski definition) is 1. The van der Waals surface area contributed by atoms with Crippen LogP contribution in [0.15, 0.2) is 48.9 Å². The van der Waals surface area contributed by atoms with Crippen molar-refractivity contribution in [2.45, 2.75) is 13.5 Å². The lowest BCUT2D eigenvalue weighted by Crippen LogP contribution is -2.23. The number of hydrogen-bond acceptors (Lipinski definition) is 6. The molecule has 0 bridgehead atoms. The van der Waals surface area contributed by atoms with E-state index in [9.17, 15) is 4.39 Å². The molecule has 3 aromatic heterocycles. The van der Waals surface area contributed by atoms with Crippen LogP contribution in [0.2, 0.25) is 0 Å². The number of ether oxygens (including phenoxy) is 2. The normalized spacial score (nSPS) is 11.3. The Morgan fingerprint density at radius 1 is 1.17 bits per heavy atom. The Labute approximate surface area is 178 Å². The summed E-state index contributed by atoms with van der Waals surface area (Å²) in [4.78, 5) is 5.48. The number of rotatable bonds is 9. The van der Waals surface area contributed by atoms with Gasteiger partial charge in [0.2, 0.25) is 0 Å². The molecule has 0 radical (unpaired) electrons. The Bertz CT molecular complexity index is 1140. The lowest BCUT2D eigenvalue weighted by Gasteiger charge is -2.07. The monoisotopic (exact) mass is 426 g/mol. The molecule has 6 nitrogen and oxygen atoms in total. The number of fused-ring (bicyclic) bond motifs is 1. The van der Waals surface area contributed by atoms with Crippen LogP contribution in [0.3, 0.4) is 0 Å². The number of nitrogens with one attached hydrogen (secondary N) is 1. The fraction of sp³-hybridized carbons (Fsp3) is 0.273. The van der Waals surface area contributed by atoms with Crippen LogP contribution in [0, 0.1) is 12.7 Å². The zero-order valence-electron chi connectivity index (χ0n) is 16.9. The molecular weight excluding hydrogens is 403 g/mol. The molecule has 0 aliphatic carbocycles. The highest BCUT2D eigenvalue weighted by molar-refractivity contribution is 7.22. The smallest absolute Gasteiger partial charge is 0.165 e. The number of benzene rings is 1. The highest BCUT2D eigenvalue weighted by atomic mass is 32.1. The summed E-state index contributed by atoms with van der Waals surface area (Å²) in [6.07, 6.45) is 5.54. The molecule has 4 rings (SSSR count). The predicted octanol–water partition coefficient (Wildman–Crippen LogP) is 4.64. The average molecular weight is 427 g/mol. The molecule has 0 unspecified atom stereocenters. The SMILES string of the molecule is COCCNCCn1cc(-c2cc3nccc(Oc4ccc(C)cc4F)c3s2)cn1. The van der Waals surface area contributed by atoms with Crippen LogP contribution in [0.1, 0.15) is 5.56 Å². The highest BCUT2D eigenvalue weighted by Crippen LogP contribution is 2.39. The van der Waals surface area contributed by atoms with Crippen molar-refractivity contribution >= 4 is 21.6 Å². The van der Waals surface area contributed by atoms with Gasteiger partial charge in [0.1, 0.15) is 5.75 Å². The van der Waals surface area contributed by atoms with Gasteiger partial charge in [-0.15, -0.1) is 11.3 Å². The summed E-state index contributed by atoms with van der Waals surface area (Å²) in [7, 11) is 1.69. The molecule has 1 aromatic carbocycles. The zero-order chi connectivity index (χ0) is 20.9. The number of pyridine rings is 1. The molecule has 3 heterocycles. The van der Waals surface area contributed by atoms with Gasteiger partial charge < -0.3 is 14.8 Å². The minimum absolute atomic E-state index is 0.205. The molecule has 0 amide bonds.